The van der Waals surface area contributed by atoms with E-state index >= 15 is 0 Å². The highest BCUT2D eigenvalue weighted by Gasteiger charge is 2.30. The van der Waals surface area contributed by atoms with Crippen LogP contribution in [0.15, 0.2) is 23.5 Å². The molecule has 2 N–H and O–H groups in total. The Hall–Kier alpha value is -3.28. The summed E-state index contributed by atoms with van der Waals surface area (Å²) in [6.45, 7) is 6.34. The van der Waals surface area contributed by atoms with Gasteiger partial charge in [-0.1, -0.05) is 6.07 Å². The van der Waals surface area contributed by atoms with E-state index in [1.165, 1.54) is 6.20 Å². The van der Waals surface area contributed by atoms with Gasteiger partial charge >= 0.3 is 6.09 Å². The molecular weight excluding hydrogens is 448 g/mol. The molecule has 0 saturated carbocycles. The topological polar surface area (TPSA) is 150 Å². The number of hydrogen-bond acceptors (Lipinski definition) is 8. The Morgan fingerprint density at radius 2 is 1.85 bits per heavy atom. The van der Waals surface area contributed by atoms with Gasteiger partial charge in [-0.25, -0.2) is 23.2 Å². The van der Waals surface area contributed by atoms with Crippen LogP contribution < -0.4 is 5.73 Å². The molecule has 0 unspecified atom stereocenters. The molecule has 1 aliphatic rings. The Labute approximate surface area is 190 Å². The molecule has 176 valence electrons. The van der Waals surface area contributed by atoms with Gasteiger partial charge in [0.2, 0.25) is 15.0 Å². The van der Waals surface area contributed by atoms with Gasteiger partial charge in [-0.15, -0.1) is 0 Å². The van der Waals surface area contributed by atoms with Gasteiger partial charge in [0.25, 0.3) is 5.91 Å². The minimum absolute atomic E-state index is 0.0842. The van der Waals surface area contributed by atoms with Crippen molar-refractivity contribution in [3.8, 4) is 0 Å². The number of carbonyl (C=O) groups is 2. The van der Waals surface area contributed by atoms with Gasteiger partial charge in [0.15, 0.2) is 5.69 Å². The van der Waals surface area contributed by atoms with Crippen LogP contribution in [0.2, 0.25) is 0 Å². The molecule has 3 heterocycles. The van der Waals surface area contributed by atoms with Gasteiger partial charge in [-0.05, 0) is 39.7 Å². The van der Waals surface area contributed by atoms with Crippen LogP contribution in [0.25, 0.3) is 21.8 Å². The normalized spacial score (nSPS) is 15.8. The van der Waals surface area contributed by atoms with E-state index in [1.54, 1.807) is 21.7 Å². The zero-order valence-corrected chi connectivity index (χ0v) is 19.7. The Bertz CT molecular complexity index is 1370. The lowest BCUT2D eigenvalue weighted by Gasteiger charge is -2.33. The number of sulfone groups is 1. The van der Waals surface area contributed by atoms with Crippen LogP contribution in [0, 0.1) is 0 Å². The van der Waals surface area contributed by atoms with E-state index in [-0.39, 0.29) is 23.0 Å². The van der Waals surface area contributed by atoms with Crippen molar-refractivity contribution in [2.45, 2.75) is 50.4 Å². The number of nitrogens with two attached hydrogens (primary N) is 1. The highest BCUT2D eigenvalue weighted by molar-refractivity contribution is 7.90. The second-order valence-electron chi connectivity index (χ2n) is 9.18. The highest BCUT2D eigenvalue weighted by Crippen LogP contribution is 2.32. The number of likely N-dealkylation sites (tertiary alicyclic amines) is 1. The zero-order chi connectivity index (χ0) is 24.1. The molecular formula is C21H26N6O5S. The average Bonchev–Trinajstić information content (AvgIpc) is 3.12. The minimum Gasteiger partial charge on any atom is -0.444 e. The van der Waals surface area contributed by atoms with E-state index in [0.29, 0.717) is 47.7 Å². The lowest BCUT2D eigenvalue weighted by Crippen LogP contribution is -2.42. The summed E-state index contributed by atoms with van der Waals surface area (Å²) in [7, 11) is -3.64. The summed E-state index contributed by atoms with van der Waals surface area (Å²) in [4.78, 5) is 34.4. The van der Waals surface area contributed by atoms with Crippen molar-refractivity contribution < 1.29 is 22.7 Å². The van der Waals surface area contributed by atoms with E-state index in [4.69, 9.17) is 10.5 Å². The molecule has 3 aromatic rings. The fraction of sp³-hybridized carbons (Fsp3) is 0.476. The molecule has 1 aliphatic heterocycles. The first kappa shape index (κ1) is 22.9. The van der Waals surface area contributed by atoms with E-state index in [2.05, 4.69) is 15.1 Å². The third-order valence-electron chi connectivity index (χ3n) is 5.42. The first-order valence-corrected chi connectivity index (χ1v) is 12.4. The van der Waals surface area contributed by atoms with Crippen LogP contribution in [0.5, 0.6) is 0 Å². The summed E-state index contributed by atoms with van der Waals surface area (Å²) in [5.74, 6) is -0.693. The van der Waals surface area contributed by atoms with E-state index < -0.39 is 21.3 Å². The lowest BCUT2D eigenvalue weighted by atomic mass is 10.0. The number of carbonyl (C=O) groups excluding carboxylic acids is 2. The van der Waals surface area contributed by atoms with Gasteiger partial charge in [0.05, 0.1) is 11.6 Å². The Morgan fingerprint density at radius 3 is 2.42 bits per heavy atom. The summed E-state index contributed by atoms with van der Waals surface area (Å²) >= 11 is 0. The number of fused-ring (bicyclic) bond motifs is 3. The summed E-state index contributed by atoms with van der Waals surface area (Å²) in [6.07, 6.45) is 3.22. The SMILES string of the molecule is CC(C)(C)OC(=O)N1CCC(n2nc(C(N)=O)c3ccc4cnc(S(C)(=O)=O)nc4c32)CC1. The molecule has 1 fully saturated rings. The second-order valence-corrected chi connectivity index (χ2v) is 11.1. The Kier molecular flexibility index (Phi) is 5.51. The highest BCUT2D eigenvalue weighted by atomic mass is 32.2. The molecule has 0 aliphatic carbocycles. The number of piperidine rings is 1. The monoisotopic (exact) mass is 474 g/mol. The number of rotatable bonds is 3. The number of hydrogen-bond donors (Lipinski definition) is 1. The predicted molar refractivity (Wildman–Crippen MR) is 121 cm³/mol. The van der Waals surface area contributed by atoms with Crippen LogP contribution in [0.1, 0.15) is 50.1 Å². The van der Waals surface area contributed by atoms with Crippen molar-refractivity contribution in [2.24, 2.45) is 5.73 Å². The summed E-state index contributed by atoms with van der Waals surface area (Å²) < 4.78 is 31.2. The third-order valence-corrected chi connectivity index (χ3v) is 6.28. The zero-order valence-electron chi connectivity index (χ0n) is 18.9. The fourth-order valence-corrected chi connectivity index (χ4v) is 4.45. The maximum atomic E-state index is 12.4. The maximum Gasteiger partial charge on any atom is 0.410 e. The van der Waals surface area contributed by atoms with E-state index in [9.17, 15) is 18.0 Å². The van der Waals surface area contributed by atoms with Gasteiger partial charge in [0, 0.05) is 36.3 Å². The molecule has 1 aromatic carbocycles. The number of benzene rings is 1. The number of ether oxygens (including phenoxy) is 1. The quantitative estimate of drug-likeness (QED) is 0.567. The van der Waals surface area contributed by atoms with Crippen molar-refractivity contribution >= 4 is 43.6 Å². The van der Waals surface area contributed by atoms with Crippen molar-refractivity contribution in [1.29, 1.82) is 0 Å². The maximum absolute atomic E-state index is 12.4. The van der Waals surface area contributed by atoms with Crippen molar-refractivity contribution in [3.63, 3.8) is 0 Å². The van der Waals surface area contributed by atoms with E-state index in [0.717, 1.165) is 6.26 Å². The van der Waals surface area contributed by atoms with Crippen molar-refractivity contribution in [3.05, 3.63) is 24.0 Å². The number of primary amides is 1. The summed E-state index contributed by atoms with van der Waals surface area (Å²) in [6, 6.07) is 3.26. The molecule has 0 bridgehead atoms. The first-order valence-electron chi connectivity index (χ1n) is 10.5. The standard InChI is InChI=1S/C21H26N6O5S/c1-21(2,3)32-20(29)26-9-7-13(8-10-26)27-17-14(16(25-27)18(22)28)6-5-12-11-23-19(24-15(12)17)33(4,30)31/h5-6,11,13H,7-10H2,1-4H3,(H2,22,28). The first-order chi connectivity index (χ1) is 15.3. The molecule has 0 spiro atoms. The largest absolute Gasteiger partial charge is 0.444 e. The molecule has 4 rings (SSSR count). The number of amides is 2. The minimum atomic E-state index is -3.64. The Morgan fingerprint density at radius 1 is 1.18 bits per heavy atom. The van der Waals surface area contributed by atoms with Gasteiger partial charge in [0.1, 0.15) is 11.1 Å². The molecule has 2 aromatic heterocycles. The number of nitrogens with zero attached hydrogens (tertiary/aromatic N) is 5. The van der Waals surface area contributed by atoms with Crippen LogP contribution in [-0.2, 0) is 14.6 Å². The molecule has 2 amide bonds. The van der Waals surface area contributed by atoms with Crippen LogP contribution in [0.4, 0.5) is 4.79 Å². The molecule has 33 heavy (non-hydrogen) atoms. The third kappa shape index (κ3) is 4.47. The predicted octanol–water partition coefficient (Wildman–Crippen LogP) is 2.05. The average molecular weight is 475 g/mol. The van der Waals surface area contributed by atoms with Crippen molar-refractivity contribution in [1.82, 2.24) is 24.6 Å². The molecule has 1 saturated heterocycles. The van der Waals surface area contributed by atoms with Crippen molar-refractivity contribution in [2.75, 3.05) is 19.3 Å². The van der Waals surface area contributed by atoms with Crippen LogP contribution in [0.3, 0.4) is 0 Å². The summed E-state index contributed by atoms with van der Waals surface area (Å²) in [5, 5.41) is 5.27. The molecule has 0 radical (unpaired) electrons. The molecule has 11 nitrogen and oxygen atoms in total. The van der Waals surface area contributed by atoms with Gasteiger partial charge in [-0.2, -0.15) is 5.10 Å². The number of aromatic nitrogens is 4. The molecule has 0 atom stereocenters. The lowest BCUT2D eigenvalue weighted by molar-refractivity contribution is 0.0186. The van der Waals surface area contributed by atoms with Crippen LogP contribution >= 0.6 is 0 Å². The molecule has 12 heteroatoms. The van der Waals surface area contributed by atoms with Gasteiger partial charge in [-0.3, -0.25) is 9.48 Å². The van der Waals surface area contributed by atoms with Crippen LogP contribution in [-0.4, -0.2) is 70.0 Å². The smallest absolute Gasteiger partial charge is 0.410 e. The fourth-order valence-electron chi connectivity index (χ4n) is 3.95. The summed E-state index contributed by atoms with van der Waals surface area (Å²) in [5.41, 5.74) is 5.96. The van der Waals surface area contributed by atoms with Gasteiger partial charge < -0.3 is 15.4 Å². The Balaban J connectivity index is 1.77. The van der Waals surface area contributed by atoms with E-state index in [1.807, 2.05) is 20.8 Å². The second kappa shape index (κ2) is 7.94.